The van der Waals surface area contributed by atoms with Crippen molar-refractivity contribution in [3.63, 3.8) is 0 Å². The highest BCUT2D eigenvalue weighted by molar-refractivity contribution is 4.80. The molecule has 0 amide bonds. The highest BCUT2D eigenvalue weighted by Crippen LogP contribution is 2.26. The lowest BCUT2D eigenvalue weighted by Crippen LogP contribution is -2.39. The van der Waals surface area contributed by atoms with Crippen LogP contribution < -0.4 is 0 Å². The highest BCUT2D eigenvalue weighted by Gasteiger charge is 2.30. The number of aliphatic hydroxyl groups is 1. The number of rotatable bonds is 7. The molecule has 0 saturated heterocycles. The molecule has 0 bridgehead atoms. The molecule has 15 heavy (non-hydrogen) atoms. The summed E-state index contributed by atoms with van der Waals surface area (Å²) in [7, 11) is 1.69. The first kappa shape index (κ1) is 14.9. The Balaban J connectivity index is 3.89. The lowest BCUT2D eigenvalue weighted by atomic mass is 9.84. The minimum atomic E-state index is -0.327. The third-order valence-electron chi connectivity index (χ3n) is 2.81. The molecule has 0 aliphatic heterocycles. The highest BCUT2D eigenvalue weighted by atomic mass is 16.5. The topological polar surface area (TPSA) is 29.5 Å². The second-order valence-electron chi connectivity index (χ2n) is 5.44. The number of hydrogen-bond acceptors (Lipinski definition) is 2. The Morgan fingerprint density at radius 2 is 1.73 bits per heavy atom. The van der Waals surface area contributed by atoms with Crippen LogP contribution in [0, 0.1) is 5.41 Å². The normalized spacial score (nSPS) is 16.4. The Morgan fingerprint density at radius 1 is 1.13 bits per heavy atom. The van der Waals surface area contributed by atoms with Gasteiger partial charge in [0, 0.05) is 7.11 Å². The minimum absolute atomic E-state index is 0.0128. The molecule has 0 heterocycles. The molecule has 0 spiro atoms. The standard InChI is InChI=1S/C13H28O2/c1-6-7-8-9-10-11(14)12(15-5)13(2,3)4/h11-12,14H,6-10H2,1-5H3. The van der Waals surface area contributed by atoms with Gasteiger partial charge in [-0.15, -0.1) is 0 Å². The summed E-state index contributed by atoms with van der Waals surface area (Å²) < 4.78 is 5.38. The van der Waals surface area contributed by atoms with Gasteiger partial charge < -0.3 is 9.84 Å². The molecule has 0 aromatic heterocycles. The predicted molar refractivity (Wildman–Crippen MR) is 65.0 cm³/mol. The van der Waals surface area contributed by atoms with Crippen LogP contribution in [-0.4, -0.2) is 24.4 Å². The monoisotopic (exact) mass is 216 g/mol. The molecule has 0 aromatic rings. The summed E-state index contributed by atoms with van der Waals surface area (Å²) in [6, 6.07) is 0. The van der Waals surface area contributed by atoms with Gasteiger partial charge >= 0.3 is 0 Å². The maximum absolute atomic E-state index is 10.0. The van der Waals surface area contributed by atoms with E-state index < -0.39 is 0 Å². The van der Waals surface area contributed by atoms with E-state index in [1.165, 1.54) is 19.3 Å². The molecule has 0 fully saturated rings. The fourth-order valence-electron chi connectivity index (χ4n) is 2.02. The van der Waals surface area contributed by atoms with Crippen molar-refractivity contribution in [1.82, 2.24) is 0 Å². The van der Waals surface area contributed by atoms with Gasteiger partial charge in [0.05, 0.1) is 12.2 Å². The van der Waals surface area contributed by atoms with Crippen molar-refractivity contribution in [2.24, 2.45) is 5.41 Å². The molecular weight excluding hydrogens is 188 g/mol. The average molecular weight is 216 g/mol. The summed E-state index contributed by atoms with van der Waals surface area (Å²) in [5, 5.41) is 10.0. The maximum Gasteiger partial charge on any atom is 0.0878 e. The van der Waals surface area contributed by atoms with E-state index in [1.807, 2.05) is 0 Å². The average Bonchev–Trinajstić information content (AvgIpc) is 2.11. The van der Waals surface area contributed by atoms with E-state index in [-0.39, 0.29) is 17.6 Å². The zero-order valence-corrected chi connectivity index (χ0v) is 11.0. The van der Waals surface area contributed by atoms with E-state index in [0.29, 0.717) is 0 Å². The summed E-state index contributed by atoms with van der Waals surface area (Å²) in [6.45, 7) is 8.52. The second-order valence-corrected chi connectivity index (χ2v) is 5.44. The SMILES string of the molecule is CCCCCCC(O)C(OC)C(C)(C)C. The Hall–Kier alpha value is -0.0800. The van der Waals surface area contributed by atoms with Gasteiger partial charge in [-0.2, -0.15) is 0 Å². The molecule has 2 nitrogen and oxygen atoms in total. The van der Waals surface area contributed by atoms with E-state index in [0.717, 1.165) is 12.8 Å². The van der Waals surface area contributed by atoms with Crippen molar-refractivity contribution in [2.45, 2.75) is 72.0 Å². The molecule has 0 aromatic carbocycles. The first-order chi connectivity index (χ1) is 6.93. The lowest BCUT2D eigenvalue weighted by Gasteiger charge is -2.33. The molecular formula is C13H28O2. The van der Waals surface area contributed by atoms with Crippen molar-refractivity contribution >= 4 is 0 Å². The molecule has 0 radical (unpaired) electrons. The Bertz CT molecular complexity index is 149. The van der Waals surface area contributed by atoms with Crippen molar-refractivity contribution in [3.05, 3.63) is 0 Å². The van der Waals surface area contributed by atoms with Crippen LogP contribution in [0.4, 0.5) is 0 Å². The second kappa shape index (κ2) is 7.24. The van der Waals surface area contributed by atoms with Crippen LogP contribution in [0.3, 0.4) is 0 Å². The van der Waals surface area contributed by atoms with Crippen LogP contribution >= 0.6 is 0 Å². The largest absolute Gasteiger partial charge is 0.390 e. The van der Waals surface area contributed by atoms with Gasteiger partial charge in [-0.3, -0.25) is 0 Å². The first-order valence-electron chi connectivity index (χ1n) is 6.14. The van der Waals surface area contributed by atoms with Crippen molar-refractivity contribution in [3.8, 4) is 0 Å². The minimum Gasteiger partial charge on any atom is -0.390 e. The van der Waals surface area contributed by atoms with Gasteiger partial charge in [0.1, 0.15) is 0 Å². The molecule has 0 rings (SSSR count). The van der Waals surface area contributed by atoms with E-state index in [1.54, 1.807) is 7.11 Å². The van der Waals surface area contributed by atoms with Gasteiger partial charge in [0.25, 0.3) is 0 Å². The predicted octanol–water partition coefficient (Wildman–Crippen LogP) is 3.38. The van der Waals surface area contributed by atoms with E-state index in [4.69, 9.17) is 4.74 Å². The Morgan fingerprint density at radius 3 is 2.13 bits per heavy atom. The third-order valence-corrected chi connectivity index (χ3v) is 2.81. The molecule has 2 unspecified atom stereocenters. The number of unbranched alkanes of at least 4 members (excludes halogenated alkanes) is 3. The molecule has 1 N–H and O–H groups in total. The van der Waals surface area contributed by atoms with Crippen LogP contribution in [-0.2, 0) is 4.74 Å². The Labute approximate surface area is 95.0 Å². The summed E-state index contributed by atoms with van der Waals surface area (Å²) in [6.07, 6.45) is 5.30. The van der Waals surface area contributed by atoms with E-state index >= 15 is 0 Å². The van der Waals surface area contributed by atoms with Crippen LogP contribution in [0.2, 0.25) is 0 Å². The van der Waals surface area contributed by atoms with Crippen LogP contribution in [0.5, 0.6) is 0 Å². The molecule has 0 aliphatic carbocycles. The van der Waals surface area contributed by atoms with Crippen molar-refractivity contribution < 1.29 is 9.84 Å². The summed E-state index contributed by atoms with van der Waals surface area (Å²) >= 11 is 0. The van der Waals surface area contributed by atoms with E-state index in [9.17, 15) is 5.11 Å². The summed E-state index contributed by atoms with van der Waals surface area (Å²) in [4.78, 5) is 0. The quantitative estimate of drug-likeness (QED) is 0.661. The van der Waals surface area contributed by atoms with Crippen molar-refractivity contribution in [2.75, 3.05) is 7.11 Å². The van der Waals surface area contributed by atoms with Gasteiger partial charge in [0.15, 0.2) is 0 Å². The molecule has 92 valence electrons. The van der Waals surface area contributed by atoms with Gasteiger partial charge in [-0.25, -0.2) is 0 Å². The lowest BCUT2D eigenvalue weighted by molar-refractivity contribution is -0.0738. The van der Waals surface area contributed by atoms with E-state index in [2.05, 4.69) is 27.7 Å². The molecule has 2 heteroatoms. The number of ether oxygens (including phenoxy) is 1. The van der Waals surface area contributed by atoms with Gasteiger partial charge in [-0.1, -0.05) is 53.4 Å². The third kappa shape index (κ3) is 6.16. The van der Waals surface area contributed by atoms with Crippen LogP contribution in [0.1, 0.15) is 59.8 Å². The van der Waals surface area contributed by atoms with Gasteiger partial charge in [-0.05, 0) is 11.8 Å². The summed E-state index contributed by atoms with van der Waals surface area (Å²) in [5.41, 5.74) is 0.0128. The molecule has 0 aliphatic rings. The Kier molecular flexibility index (Phi) is 7.20. The molecule has 2 atom stereocenters. The van der Waals surface area contributed by atoms with Crippen LogP contribution in [0.25, 0.3) is 0 Å². The zero-order chi connectivity index (χ0) is 11.9. The number of methoxy groups -OCH3 is 1. The smallest absolute Gasteiger partial charge is 0.0878 e. The summed E-state index contributed by atoms with van der Waals surface area (Å²) in [5.74, 6) is 0. The van der Waals surface area contributed by atoms with Crippen molar-refractivity contribution in [1.29, 1.82) is 0 Å². The number of hydrogen-bond donors (Lipinski definition) is 1. The van der Waals surface area contributed by atoms with Gasteiger partial charge in [0.2, 0.25) is 0 Å². The fraction of sp³-hybridized carbons (Fsp3) is 1.00. The number of aliphatic hydroxyl groups excluding tert-OH is 1. The maximum atomic E-state index is 10.0. The fourth-order valence-corrected chi connectivity index (χ4v) is 2.02. The van der Waals surface area contributed by atoms with Crippen LogP contribution in [0.15, 0.2) is 0 Å². The zero-order valence-electron chi connectivity index (χ0n) is 11.0. The molecule has 0 saturated carbocycles. The first-order valence-corrected chi connectivity index (χ1v) is 6.14.